The molecule has 0 saturated carbocycles. The quantitative estimate of drug-likeness (QED) is 0.768. The van der Waals surface area contributed by atoms with Crippen LogP contribution in [0.5, 0.6) is 0 Å². The van der Waals surface area contributed by atoms with Crippen molar-refractivity contribution in [3.8, 4) is 0 Å². The van der Waals surface area contributed by atoms with E-state index in [9.17, 15) is 13.2 Å². The highest BCUT2D eigenvalue weighted by molar-refractivity contribution is 7.10. The summed E-state index contributed by atoms with van der Waals surface area (Å²) in [4.78, 5) is -0.499. The smallest absolute Gasteiger partial charge is 0.310 e. The second kappa shape index (κ2) is 3.55. The number of halogens is 3. The Morgan fingerprint density at radius 3 is 2.71 bits per heavy atom. The first-order valence-electron chi connectivity index (χ1n) is 4.46. The summed E-state index contributed by atoms with van der Waals surface area (Å²) in [5.41, 5.74) is 0.778. The molecule has 2 rings (SSSR count). The summed E-state index contributed by atoms with van der Waals surface area (Å²) in [5.74, 6) is 0. The van der Waals surface area contributed by atoms with Crippen molar-refractivity contribution < 1.29 is 13.2 Å². The lowest BCUT2D eigenvalue weighted by Crippen LogP contribution is -2.12. The molecule has 1 saturated heterocycles. The van der Waals surface area contributed by atoms with Gasteiger partial charge in [0.1, 0.15) is 4.88 Å². The topological polar surface area (TPSA) is 12.0 Å². The zero-order valence-corrected chi connectivity index (χ0v) is 8.21. The minimum absolute atomic E-state index is 0.127. The molecule has 1 nitrogen and oxygen atoms in total. The van der Waals surface area contributed by atoms with E-state index >= 15 is 0 Å². The van der Waals surface area contributed by atoms with Crippen molar-refractivity contribution in [2.24, 2.45) is 0 Å². The molecule has 1 aliphatic rings. The average Bonchev–Trinajstić information content (AvgIpc) is 2.73. The highest BCUT2D eigenvalue weighted by atomic mass is 32.1. The van der Waals surface area contributed by atoms with Gasteiger partial charge in [0.25, 0.3) is 0 Å². The van der Waals surface area contributed by atoms with Crippen LogP contribution in [-0.4, -0.2) is 6.54 Å². The Labute approximate surface area is 83.9 Å². The van der Waals surface area contributed by atoms with Gasteiger partial charge in [-0.2, -0.15) is 13.2 Å². The lowest BCUT2D eigenvalue weighted by molar-refractivity contribution is -0.134. The van der Waals surface area contributed by atoms with Gasteiger partial charge in [0.15, 0.2) is 0 Å². The molecule has 1 atom stereocenters. The van der Waals surface area contributed by atoms with Crippen LogP contribution in [-0.2, 0) is 6.18 Å². The molecule has 1 N–H and O–H groups in total. The fourth-order valence-corrected chi connectivity index (χ4v) is 2.48. The number of nitrogens with one attached hydrogen (secondary N) is 1. The molecule has 0 spiro atoms. The van der Waals surface area contributed by atoms with E-state index in [1.165, 1.54) is 6.07 Å². The molecule has 0 bridgehead atoms. The largest absolute Gasteiger partial charge is 0.425 e. The summed E-state index contributed by atoms with van der Waals surface area (Å²) in [6, 6.07) is 1.38. The number of hydrogen-bond acceptors (Lipinski definition) is 2. The zero-order chi connectivity index (χ0) is 10.2. The first kappa shape index (κ1) is 9.98. The van der Waals surface area contributed by atoms with Gasteiger partial charge in [0.2, 0.25) is 0 Å². The maximum atomic E-state index is 12.3. The van der Waals surface area contributed by atoms with Crippen LogP contribution in [0.15, 0.2) is 11.4 Å². The molecule has 0 aromatic carbocycles. The third kappa shape index (κ3) is 1.93. The van der Waals surface area contributed by atoms with Crippen LogP contribution in [0.2, 0.25) is 0 Å². The van der Waals surface area contributed by atoms with Crippen LogP contribution in [0, 0.1) is 0 Å². The van der Waals surface area contributed by atoms with Crippen LogP contribution in [0.25, 0.3) is 0 Å². The second-order valence-corrected chi connectivity index (χ2v) is 4.30. The van der Waals surface area contributed by atoms with E-state index in [0.717, 1.165) is 36.3 Å². The fraction of sp³-hybridized carbons (Fsp3) is 0.556. The molecule has 2 heterocycles. The SMILES string of the molecule is FC(F)(F)c1cc([C@@H]2CCCN2)cs1. The molecular weight excluding hydrogens is 211 g/mol. The monoisotopic (exact) mass is 221 g/mol. The summed E-state index contributed by atoms with van der Waals surface area (Å²) < 4.78 is 36.8. The van der Waals surface area contributed by atoms with Crippen LogP contribution < -0.4 is 5.32 Å². The van der Waals surface area contributed by atoms with E-state index in [-0.39, 0.29) is 6.04 Å². The zero-order valence-electron chi connectivity index (χ0n) is 7.40. The van der Waals surface area contributed by atoms with E-state index in [4.69, 9.17) is 0 Å². The third-order valence-electron chi connectivity index (χ3n) is 2.36. The van der Waals surface area contributed by atoms with Gasteiger partial charge in [0, 0.05) is 6.04 Å². The van der Waals surface area contributed by atoms with Crippen molar-refractivity contribution in [2.75, 3.05) is 6.54 Å². The van der Waals surface area contributed by atoms with Crippen molar-refractivity contribution in [1.29, 1.82) is 0 Å². The standard InChI is InChI=1S/C9H10F3NS/c10-9(11,12)8-4-6(5-14-8)7-2-1-3-13-7/h4-5,7,13H,1-3H2/t7-/m0/s1. The number of rotatable bonds is 1. The number of thiophene rings is 1. The molecule has 1 fully saturated rings. The summed E-state index contributed by atoms with van der Waals surface area (Å²) in [5, 5.41) is 4.78. The van der Waals surface area contributed by atoms with Gasteiger partial charge in [-0.3, -0.25) is 0 Å². The van der Waals surface area contributed by atoms with Crippen LogP contribution in [0.4, 0.5) is 13.2 Å². The maximum Gasteiger partial charge on any atom is 0.425 e. The molecule has 0 unspecified atom stereocenters. The summed E-state index contributed by atoms with van der Waals surface area (Å²) in [6.45, 7) is 0.905. The lowest BCUT2D eigenvalue weighted by atomic mass is 10.1. The molecule has 0 aliphatic carbocycles. The fourth-order valence-electron chi connectivity index (χ4n) is 1.65. The van der Waals surface area contributed by atoms with E-state index in [1.54, 1.807) is 5.38 Å². The molecular formula is C9H10F3NS. The lowest BCUT2D eigenvalue weighted by Gasteiger charge is -2.06. The van der Waals surface area contributed by atoms with Crippen molar-refractivity contribution in [3.63, 3.8) is 0 Å². The Morgan fingerprint density at radius 2 is 2.21 bits per heavy atom. The van der Waals surface area contributed by atoms with Crippen LogP contribution >= 0.6 is 11.3 Å². The van der Waals surface area contributed by atoms with Crippen molar-refractivity contribution in [1.82, 2.24) is 5.32 Å². The number of hydrogen-bond donors (Lipinski definition) is 1. The summed E-state index contributed by atoms with van der Waals surface area (Å²) in [6.07, 6.45) is -2.21. The molecule has 0 radical (unpaired) electrons. The molecule has 14 heavy (non-hydrogen) atoms. The Balaban J connectivity index is 2.17. The maximum absolute atomic E-state index is 12.3. The molecule has 78 valence electrons. The van der Waals surface area contributed by atoms with E-state index < -0.39 is 11.1 Å². The predicted molar refractivity (Wildman–Crippen MR) is 49.3 cm³/mol. The Morgan fingerprint density at radius 1 is 1.43 bits per heavy atom. The van der Waals surface area contributed by atoms with Gasteiger partial charge >= 0.3 is 6.18 Å². The molecule has 0 amide bonds. The normalized spacial score (nSPS) is 22.9. The Kier molecular flexibility index (Phi) is 2.53. The van der Waals surface area contributed by atoms with Gasteiger partial charge in [-0.15, -0.1) is 11.3 Å². The molecule has 1 aliphatic heterocycles. The van der Waals surface area contributed by atoms with Gasteiger partial charge < -0.3 is 5.32 Å². The van der Waals surface area contributed by atoms with Crippen LogP contribution in [0.3, 0.4) is 0 Å². The van der Waals surface area contributed by atoms with Gasteiger partial charge in [-0.05, 0) is 36.4 Å². The third-order valence-corrected chi connectivity index (χ3v) is 3.36. The van der Waals surface area contributed by atoms with Crippen molar-refractivity contribution >= 4 is 11.3 Å². The first-order valence-corrected chi connectivity index (χ1v) is 5.34. The van der Waals surface area contributed by atoms with Crippen LogP contribution in [0.1, 0.15) is 29.3 Å². The van der Waals surface area contributed by atoms with E-state index in [2.05, 4.69) is 5.32 Å². The first-order chi connectivity index (χ1) is 6.57. The minimum Gasteiger partial charge on any atom is -0.310 e. The molecule has 5 heteroatoms. The summed E-state index contributed by atoms with van der Waals surface area (Å²) in [7, 11) is 0. The number of alkyl halides is 3. The van der Waals surface area contributed by atoms with E-state index in [1.807, 2.05) is 0 Å². The van der Waals surface area contributed by atoms with Gasteiger partial charge in [-0.25, -0.2) is 0 Å². The Hall–Kier alpha value is -0.550. The highest BCUT2D eigenvalue weighted by Crippen LogP contribution is 2.36. The molecule has 1 aromatic heterocycles. The van der Waals surface area contributed by atoms with Gasteiger partial charge in [-0.1, -0.05) is 0 Å². The molecule has 1 aromatic rings. The van der Waals surface area contributed by atoms with Crippen molar-refractivity contribution in [2.45, 2.75) is 25.1 Å². The van der Waals surface area contributed by atoms with E-state index in [0.29, 0.717) is 0 Å². The predicted octanol–water partition coefficient (Wildman–Crippen LogP) is 3.19. The average molecular weight is 221 g/mol. The highest BCUT2D eigenvalue weighted by Gasteiger charge is 2.33. The minimum atomic E-state index is -4.19. The summed E-state index contributed by atoms with van der Waals surface area (Å²) >= 11 is 0.778. The van der Waals surface area contributed by atoms with Gasteiger partial charge in [0.05, 0.1) is 0 Å². The van der Waals surface area contributed by atoms with Crippen molar-refractivity contribution in [3.05, 3.63) is 21.9 Å². The Bertz CT molecular complexity index is 312. The second-order valence-electron chi connectivity index (χ2n) is 3.39.